The fraction of sp³-hybridized carbons (Fsp3) is 0.273. The van der Waals surface area contributed by atoms with Crippen molar-refractivity contribution >= 4 is 12.3 Å². The lowest BCUT2D eigenvalue weighted by Gasteiger charge is -2.07. The van der Waals surface area contributed by atoms with Crippen molar-refractivity contribution in [3.63, 3.8) is 0 Å². The molecule has 0 saturated carbocycles. The number of aryl methyl sites for hydroxylation is 1. The van der Waals surface area contributed by atoms with Crippen LogP contribution in [-0.2, 0) is 16.0 Å². The van der Waals surface area contributed by atoms with Crippen molar-refractivity contribution in [2.45, 2.75) is 19.4 Å². The summed E-state index contributed by atoms with van der Waals surface area (Å²) in [6.45, 7) is 2.03. The Kier molecular flexibility index (Phi) is 2.31. The van der Waals surface area contributed by atoms with E-state index in [0.29, 0.717) is 6.42 Å². The van der Waals surface area contributed by atoms with Crippen LogP contribution in [0.1, 0.15) is 11.1 Å². The van der Waals surface area contributed by atoms with Crippen molar-refractivity contribution in [1.82, 2.24) is 0 Å². The lowest BCUT2D eigenvalue weighted by Crippen LogP contribution is -2.19. The van der Waals surface area contributed by atoms with Gasteiger partial charge in [0.2, 0.25) is 0 Å². The summed E-state index contributed by atoms with van der Waals surface area (Å²) in [5.41, 5.74) is 2.29. The predicted molar refractivity (Wildman–Crippen MR) is 53.3 cm³/mol. The number of carbonyl (C=O) groups excluding carboxylic acids is 1. The molecule has 1 aliphatic rings. The van der Waals surface area contributed by atoms with Gasteiger partial charge in [-0.2, -0.15) is 4.99 Å². The second kappa shape index (κ2) is 3.62. The Morgan fingerprint density at radius 1 is 1.50 bits per heavy atom. The highest BCUT2D eigenvalue weighted by molar-refractivity contribution is 5.91. The molecule has 2 rings (SSSR count). The van der Waals surface area contributed by atoms with Crippen molar-refractivity contribution in [3.05, 3.63) is 35.4 Å². The smallest absolute Gasteiger partial charge is 0.289 e. The third-order valence-electron chi connectivity index (χ3n) is 2.18. The highest BCUT2D eigenvalue weighted by Crippen LogP contribution is 2.11. The molecule has 3 nitrogen and oxygen atoms in total. The minimum Gasteiger partial charge on any atom is -0.470 e. The second-order valence-electron chi connectivity index (χ2n) is 3.39. The first-order chi connectivity index (χ1) is 6.75. The molecule has 72 valence electrons. The van der Waals surface area contributed by atoms with Gasteiger partial charge in [-0.1, -0.05) is 29.8 Å². The van der Waals surface area contributed by atoms with Crippen LogP contribution in [-0.4, -0.2) is 18.4 Å². The number of carbonyl (C=O) groups is 1. The number of ether oxygens (including phenoxy) is 1. The molecule has 0 fully saturated rings. The van der Waals surface area contributed by atoms with Crippen LogP contribution in [0.25, 0.3) is 0 Å². The normalized spacial score (nSPS) is 19.8. The molecule has 14 heavy (non-hydrogen) atoms. The van der Waals surface area contributed by atoms with Crippen LogP contribution in [0.4, 0.5) is 0 Å². The van der Waals surface area contributed by atoms with Gasteiger partial charge in [-0.25, -0.2) is 0 Å². The van der Waals surface area contributed by atoms with Crippen LogP contribution >= 0.6 is 0 Å². The average Bonchev–Trinajstić information content (AvgIpc) is 2.52. The summed E-state index contributed by atoms with van der Waals surface area (Å²) in [5.74, 6) is -0.188. The molecule has 0 N–H and O–H groups in total. The zero-order chi connectivity index (χ0) is 9.97. The van der Waals surface area contributed by atoms with Gasteiger partial charge in [0, 0.05) is 6.42 Å². The van der Waals surface area contributed by atoms with E-state index in [9.17, 15) is 4.79 Å². The molecule has 1 aromatic rings. The van der Waals surface area contributed by atoms with Crippen LogP contribution in [0.2, 0.25) is 0 Å². The first-order valence-corrected chi connectivity index (χ1v) is 4.53. The zero-order valence-corrected chi connectivity index (χ0v) is 7.93. The van der Waals surface area contributed by atoms with E-state index in [2.05, 4.69) is 11.1 Å². The predicted octanol–water partition coefficient (Wildman–Crippen LogP) is 1.49. The molecule has 0 saturated heterocycles. The van der Waals surface area contributed by atoms with Crippen LogP contribution in [0.3, 0.4) is 0 Å². The summed E-state index contributed by atoms with van der Waals surface area (Å²) >= 11 is 0. The molecule has 0 aliphatic carbocycles. The third-order valence-corrected chi connectivity index (χ3v) is 2.18. The fourth-order valence-corrected chi connectivity index (χ4v) is 1.49. The zero-order valence-electron chi connectivity index (χ0n) is 7.93. The molecular weight excluding hydrogens is 178 g/mol. The van der Waals surface area contributed by atoms with E-state index in [1.807, 2.05) is 25.1 Å². The number of hydrogen-bond acceptors (Lipinski definition) is 2. The number of rotatable bonds is 2. The van der Waals surface area contributed by atoms with Crippen molar-refractivity contribution in [1.29, 1.82) is 0 Å². The van der Waals surface area contributed by atoms with Gasteiger partial charge in [-0.05, 0) is 12.5 Å². The quantitative estimate of drug-likeness (QED) is 0.707. The summed E-state index contributed by atoms with van der Waals surface area (Å²) < 4.78 is 5.07. The van der Waals surface area contributed by atoms with E-state index in [4.69, 9.17) is 4.74 Å². The van der Waals surface area contributed by atoms with E-state index >= 15 is 0 Å². The fourth-order valence-electron chi connectivity index (χ4n) is 1.49. The van der Waals surface area contributed by atoms with Gasteiger partial charge in [0.25, 0.3) is 5.91 Å². The van der Waals surface area contributed by atoms with E-state index < -0.39 is 6.10 Å². The molecule has 1 unspecified atom stereocenters. The minimum absolute atomic E-state index is 0.188. The lowest BCUT2D eigenvalue weighted by molar-refractivity contribution is -0.122. The highest BCUT2D eigenvalue weighted by atomic mass is 16.5. The largest absolute Gasteiger partial charge is 0.470 e. The highest BCUT2D eigenvalue weighted by Gasteiger charge is 2.23. The van der Waals surface area contributed by atoms with Crippen molar-refractivity contribution in [2.75, 3.05) is 0 Å². The molecule has 3 heteroatoms. The molecular formula is C11H11NO2. The SMILES string of the molecule is Cc1cccc(CC2OC=NC2=O)c1. The van der Waals surface area contributed by atoms with Gasteiger partial charge >= 0.3 is 0 Å². The number of nitrogens with zero attached hydrogens (tertiary/aromatic N) is 1. The molecule has 1 heterocycles. The summed E-state index contributed by atoms with van der Waals surface area (Å²) in [6, 6.07) is 8.04. The van der Waals surface area contributed by atoms with Crippen LogP contribution in [0, 0.1) is 6.92 Å². The number of amides is 1. The van der Waals surface area contributed by atoms with Gasteiger partial charge in [0.15, 0.2) is 12.5 Å². The molecule has 1 aromatic carbocycles. The maximum absolute atomic E-state index is 11.1. The standard InChI is InChI=1S/C11H11NO2/c1-8-3-2-4-9(5-8)6-10-11(13)12-7-14-10/h2-5,7,10H,6H2,1H3. The van der Waals surface area contributed by atoms with Crippen molar-refractivity contribution in [3.8, 4) is 0 Å². The lowest BCUT2D eigenvalue weighted by atomic mass is 10.1. The average molecular weight is 189 g/mol. The van der Waals surface area contributed by atoms with Gasteiger partial charge in [-0.15, -0.1) is 0 Å². The van der Waals surface area contributed by atoms with E-state index in [0.717, 1.165) is 5.56 Å². The van der Waals surface area contributed by atoms with E-state index in [-0.39, 0.29) is 5.91 Å². The minimum atomic E-state index is -0.420. The summed E-state index contributed by atoms with van der Waals surface area (Å²) in [4.78, 5) is 14.7. The van der Waals surface area contributed by atoms with E-state index in [1.165, 1.54) is 12.0 Å². The maximum Gasteiger partial charge on any atom is 0.289 e. The Labute approximate surface area is 82.4 Å². The number of hydrogen-bond donors (Lipinski definition) is 0. The Hall–Kier alpha value is -1.64. The van der Waals surface area contributed by atoms with E-state index in [1.54, 1.807) is 0 Å². The monoisotopic (exact) mass is 189 g/mol. The number of aliphatic imine (C=N–C) groups is 1. The molecule has 1 aliphatic heterocycles. The van der Waals surface area contributed by atoms with Crippen LogP contribution < -0.4 is 0 Å². The third kappa shape index (κ3) is 1.82. The molecule has 1 atom stereocenters. The molecule has 0 spiro atoms. The molecule has 0 bridgehead atoms. The first-order valence-electron chi connectivity index (χ1n) is 4.53. The Bertz CT molecular complexity index is 385. The Morgan fingerprint density at radius 3 is 3.00 bits per heavy atom. The second-order valence-corrected chi connectivity index (χ2v) is 3.39. The van der Waals surface area contributed by atoms with Gasteiger partial charge in [0.05, 0.1) is 0 Å². The van der Waals surface area contributed by atoms with Crippen molar-refractivity contribution < 1.29 is 9.53 Å². The van der Waals surface area contributed by atoms with Crippen LogP contribution in [0.5, 0.6) is 0 Å². The van der Waals surface area contributed by atoms with Gasteiger partial charge in [0.1, 0.15) is 0 Å². The topological polar surface area (TPSA) is 38.7 Å². The summed E-state index contributed by atoms with van der Waals surface area (Å²) in [6.07, 6.45) is 1.40. The maximum atomic E-state index is 11.1. The van der Waals surface area contributed by atoms with Gasteiger partial charge in [-0.3, -0.25) is 4.79 Å². The number of benzene rings is 1. The van der Waals surface area contributed by atoms with Crippen LogP contribution in [0.15, 0.2) is 29.3 Å². The molecule has 1 amide bonds. The Morgan fingerprint density at radius 2 is 2.36 bits per heavy atom. The summed E-state index contributed by atoms with van der Waals surface area (Å²) in [5, 5.41) is 0. The Balaban J connectivity index is 2.08. The molecule has 0 radical (unpaired) electrons. The van der Waals surface area contributed by atoms with Gasteiger partial charge < -0.3 is 4.74 Å². The molecule has 0 aromatic heterocycles. The van der Waals surface area contributed by atoms with Crippen molar-refractivity contribution in [2.24, 2.45) is 4.99 Å². The summed E-state index contributed by atoms with van der Waals surface area (Å²) in [7, 11) is 0. The first kappa shape index (κ1) is 8.94.